The molecule has 6 heteroatoms. The van der Waals surface area contributed by atoms with Crippen LogP contribution in [0.4, 0.5) is 0 Å². The van der Waals surface area contributed by atoms with Crippen molar-refractivity contribution in [3.63, 3.8) is 0 Å². The van der Waals surface area contributed by atoms with Gasteiger partial charge in [0, 0.05) is 5.54 Å². The third kappa shape index (κ3) is 4.11. The van der Waals surface area contributed by atoms with Gasteiger partial charge in [-0.1, -0.05) is 37.0 Å². The van der Waals surface area contributed by atoms with Crippen LogP contribution in [-0.2, 0) is 4.79 Å². The van der Waals surface area contributed by atoms with Crippen molar-refractivity contribution < 1.29 is 14.3 Å². The number of hydrogen-bond donors (Lipinski definition) is 0. The largest absolute Gasteiger partial charge is 0.493 e. The van der Waals surface area contributed by atoms with Crippen molar-refractivity contribution in [2.45, 2.75) is 39.7 Å². The molecule has 130 valence electrons. The van der Waals surface area contributed by atoms with Crippen LogP contribution >= 0.6 is 24.0 Å². The number of carbonyl (C=O) groups is 1. The van der Waals surface area contributed by atoms with Crippen molar-refractivity contribution in [1.82, 2.24) is 4.90 Å². The monoisotopic (exact) mass is 365 g/mol. The molecule has 0 atom stereocenters. The SMILES string of the molecule is CCCOc1ccc(/C=C2\SC(=S)N(C(C)(C)C)C2=O)cc1OC. The lowest BCUT2D eigenvalue weighted by molar-refractivity contribution is -0.125. The number of amides is 1. The zero-order valence-electron chi connectivity index (χ0n) is 14.7. The number of methoxy groups -OCH3 is 1. The molecule has 0 radical (unpaired) electrons. The Hall–Kier alpha value is -1.53. The standard InChI is InChI=1S/C18H23NO3S2/c1-6-9-22-13-8-7-12(10-14(13)21-5)11-15-16(20)19(17(23)24-15)18(2,3)4/h7-8,10-11H,6,9H2,1-5H3/b15-11-. The Kier molecular flexibility index (Phi) is 5.93. The van der Waals surface area contributed by atoms with E-state index in [1.165, 1.54) is 11.8 Å². The van der Waals surface area contributed by atoms with Gasteiger partial charge in [0.05, 0.1) is 18.6 Å². The van der Waals surface area contributed by atoms with Crippen LogP contribution in [0.3, 0.4) is 0 Å². The zero-order valence-corrected chi connectivity index (χ0v) is 16.3. The predicted octanol–water partition coefficient (Wildman–Crippen LogP) is 4.48. The molecule has 1 saturated heterocycles. The maximum Gasteiger partial charge on any atom is 0.266 e. The molecule has 0 N–H and O–H groups in total. The number of nitrogens with zero attached hydrogens (tertiary/aromatic N) is 1. The van der Waals surface area contributed by atoms with Crippen molar-refractivity contribution in [2.24, 2.45) is 0 Å². The van der Waals surface area contributed by atoms with Crippen LogP contribution in [0.1, 0.15) is 39.7 Å². The minimum Gasteiger partial charge on any atom is -0.493 e. The summed E-state index contributed by atoms with van der Waals surface area (Å²) in [6, 6.07) is 5.65. The van der Waals surface area contributed by atoms with E-state index in [1.54, 1.807) is 12.0 Å². The fourth-order valence-electron chi connectivity index (χ4n) is 2.30. The highest BCUT2D eigenvalue weighted by Gasteiger charge is 2.39. The van der Waals surface area contributed by atoms with E-state index >= 15 is 0 Å². The van der Waals surface area contributed by atoms with E-state index in [0.29, 0.717) is 27.3 Å². The molecule has 1 aliphatic rings. The van der Waals surface area contributed by atoms with Crippen LogP contribution in [0.5, 0.6) is 11.5 Å². The average molecular weight is 366 g/mol. The summed E-state index contributed by atoms with van der Waals surface area (Å²) in [4.78, 5) is 14.9. The third-order valence-electron chi connectivity index (χ3n) is 3.41. The molecular weight excluding hydrogens is 342 g/mol. The minimum atomic E-state index is -0.327. The van der Waals surface area contributed by atoms with Gasteiger partial charge in [-0.25, -0.2) is 0 Å². The zero-order chi connectivity index (χ0) is 17.9. The number of rotatable bonds is 5. The van der Waals surface area contributed by atoms with E-state index in [2.05, 4.69) is 6.92 Å². The van der Waals surface area contributed by atoms with Crippen molar-refractivity contribution in [1.29, 1.82) is 0 Å². The smallest absolute Gasteiger partial charge is 0.266 e. The van der Waals surface area contributed by atoms with Gasteiger partial charge in [0.1, 0.15) is 4.32 Å². The number of ether oxygens (including phenoxy) is 2. The van der Waals surface area contributed by atoms with Gasteiger partial charge in [0.25, 0.3) is 5.91 Å². The first kappa shape index (κ1) is 18.8. The van der Waals surface area contributed by atoms with Gasteiger partial charge in [-0.15, -0.1) is 0 Å². The molecule has 0 spiro atoms. The average Bonchev–Trinajstić information content (AvgIpc) is 2.79. The predicted molar refractivity (Wildman–Crippen MR) is 104 cm³/mol. The maximum atomic E-state index is 12.6. The van der Waals surface area contributed by atoms with Gasteiger partial charge in [0.15, 0.2) is 11.5 Å². The van der Waals surface area contributed by atoms with E-state index in [0.717, 1.165) is 12.0 Å². The van der Waals surface area contributed by atoms with Crippen LogP contribution in [0.2, 0.25) is 0 Å². The number of thiocarbonyl (C=S) groups is 1. The maximum absolute atomic E-state index is 12.6. The van der Waals surface area contributed by atoms with Gasteiger partial charge in [0.2, 0.25) is 0 Å². The Labute approximate surface area is 153 Å². The Bertz CT molecular complexity index is 677. The van der Waals surface area contributed by atoms with Gasteiger partial charge in [-0.2, -0.15) is 0 Å². The van der Waals surface area contributed by atoms with Gasteiger partial charge in [-0.3, -0.25) is 9.69 Å². The highest BCUT2D eigenvalue weighted by molar-refractivity contribution is 8.26. The summed E-state index contributed by atoms with van der Waals surface area (Å²) >= 11 is 6.69. The molecule has 0 aromatic heterocycles. The lowest BCUT2D eigenvalue weighted by Crippen LogP contribution is -2.44. The molecule has 1 fully saturated rings. The Morgan fingerprint density at radius 1 is 1.29 bits per heavy atom. The Morgan fingerprint density at radius 3 is 2.54 bits per heavy atom. The summed E-state index contributed by atoms with van der Waals surface area (Å²) < 4.78 is 11.6. The van der Waals surface area contributed by atoms with Crippen LogP contribution in [-0.4, -0.2) is 34.4 Å². The fraction of sp³-hybridized carbons (Fsp3) is 0.444. The molecule has 0 saturated carbocycles. The summed E-state index contributed by atoms with van der Waals surface area (Å²) in [5, 5.41) is 0. The summed E-state index contributed by atoms with van der Waals surface area (Å²) in [6.45, 7) is 8.62. The van der Waals surface area contributed by atoms with Crippen molar-refractivity contribution in [2.75, 3.05) is 13.7 Å². The van der Waals surface area contributed by atoms with E-state index < -0.39 is 0 Å². The second kappa shape index (κ2) is 7.57. The summed E-state index contributed by atoms with van der Waals surface area (Å²) in [6.07, 6.45) is 2.78. The van der Waals surface area contributed by atoms with Crippen molar-refractivity contribution in [3.8, 4) is 11.5 Å². The summed E-state index contributed by atoms with van der Waals surface area (Å²) in [5.74, 6) is 1.31. The lowest BCUT2D eigenvalue weighted by Gasteiger charge is -2.30. The molecule has 2 rings (SSSR count). The van der Waals surface area contributed by atoms with Crippen molar-refractivity contribution in [3.05, 3.63) is 28.7 Å². The van der Waals surface area contributed by atoms with E-state index in [9.17, 15) is 4.79 Å². The third-order valence-corrected chi connectivity index (χ3v) is 4.71. The second-order valence-corrected chi connectivity index (χ2v) is 8.12. The van der Waals surface area contributed by atoms with Gasteiger partial charge in [-0.05, 0) is 51.0 Å². The normalized spacial score (nSPS) is 16.9. The molecular formula is C18H23NO3S2. The summed E-state index contributed by atoms with van der Waals surface area (Å²) in [5.41, 5.74) is 0.553. The van der Waals surface area contributed by atoms with Crippen LogP contribution in [0.25, 0.3) is 6.08 Å². The molecule has 1 aromatic carbocycles. The topological polar surface area (TPSA) is 38.8 Å². The molecule has 4 nitrogen and oxygen atoms in total. The second-order valence-electron chi connectivity index (χ2n) is 6.45. The van der Waals surface area contributed by atoms with E-state index in [-0.39, 0.29) is 11.4 Å². The summed E-state index contributed by atoms with van der Waals surface area (Å²) in [7, 11) is 1.61. The highest BCUT2D eigenvalue weighted by Crippen LogP contribution is 2.37. The molecule has 1 amide bonds. The number of carbonyl (C=O) groups excluding carboxylic acids is 1. The fourth-order valence-corrected chi connectivity index (χ4v) is 3.94. The Morgan fingerprint density at radius 2 is 2.00 bits per heavy atom. The molecule has 0 bridgehead atoms. The lowest BCUT2D eigenvalue weighted by atomic mass is 10.1. The van der Waals surface area contributed by atoms with Gasteiger partial charge < -0.3 is 9.47 Å². The molecule has 1 aliphatic heterocycles. The highest BCUT2D eigenvalue weighted by atomic mass is 32.2. The Balaban J connectivity index is 2.28. The first-order valence-corrected chi connectivity index (χ1v) is 9.09. The first-order valence-electron chi connectivity index (χ1n) is 7.86. The number of thioether (sulfide) groups is 1. The molecule has 1 aromatic rings. The number of hydrogen-bond acceptors (Lipinski definition) is 5. The first-order chi connectivity index (χ1) is 11.3. The quantitative estimate of drug-likeness (QED) is 0.568. The molecule has 0 aliphatic carbocycles. The minimum absolute atomic E-state index is 0.0530. The van der Waals surface area contributed by atoms with Crippen LogP contribution in [0, 0.1) is 0 Å². The number of benzene rings is 1. The van der Waals surface area contributed by atoms with Gasteiger partial charge >= 0.3 is 0 Å². The molecule has 24 heavy (non-hydrogen) atoms. The van der Waals surface area contributed by atoms with Crippen LogP contribution in [0.15, 0.2) is 23.1 Å². The van der Waals surface area contributed by atoms with E-state index in [4.69, 9.17) is 21.7 Å². The molecule has 1 heterocycles. The van der Waals surface area contributed by atoms with Crippen molar-refractivity contribution >= 4 is 40.3 Å². The van der Waals surface area contributed by atoms with Crippen LogP contribution < -0.4 is 9.47 Å². The van der Waals surface area contributed by atoms with E-state index in [1.807, 2.05) is 45.0 Å². The molecule has 0 unspecified atom stereocenters.